The Morgan fingerprint density at radius 2 is 2.20 bits per heavy atom. The molecule has 20 heavy (non-hydrogen) atoms. The molecule has 1 aromatic carbocycles. The molecular formula is C17H27FN2. The summed E-state index contributed by atoms with van der Waals surface area (Å²) >= 11 is 0. The zero-order chi connectivity index (χ0) is 14.6. The number of hydrogen-bond donors (Lipinski definition) is 1. The lowest BCUT2D eigenvalue weighted by Gasteiger charge is -2.49. The molecule has 2 N–H and O–H groups in total. The van der Waals surface area contributed by atoms with Gasteiger partial charge in [0.2, 0.25) is 0 Å². The first kappa shape index (κ1) is 15.3. The van der Waals surface area contributed by atoms with Crippen LogP contribution in [0.5, 0.6) is 0 Å². The average molecular weight is 278 g/mol. The Labute approximate surface area is 122 Å². The lowest BCUT2D eigenvalue weighted by atomic mass is 9.73. The van der Waals surface area contributed by atoms with Crippen molar-refractivity contribution in [2.75, 3.05) is 18.0 Å². The Hall–Kier alpha value is -1.09. The van der Waals surface area contributed by atoms with Gasteiger partial charge in [-0.05, 0) is 43.9 Å². The fraction of sp³-hybridized carbons (Fsp3) is 0.647. The van der Waals surface area contributed by atoms with Crippen molar-refractivity contribution in [2.45, 2.75) is 51.5 Å². The van der Waals surface area contributed by atoms with Gasteiger partial charge in [0, 0.05) is 18.8 Å². The van der Waals surface area contributed by atoms with Gasteiger partial charge in [-0.1, -0.05) is 32.3 Å². The minimum Gasteiger partial charge on any atom is -0.365 e. The number of hydrogen-bond acceptors (Lipinski definition) is 2. The monoisotopic (exact) mass is 278 g/mol. The van der Waals surface area contributed by atoms with Crippen molar-refractivity contribution in [2.24, 2.45) is 11.7 Å². The van der Waals surface area contributed by atoms with E-state index in [1.165, 1.54) is 25.3 Å². The molecule has 1 fully saturated rings. The molecule has 0 spiro atoms. The number of nitrogens with zero attached hydrogens (tertiary/aromatic N) is 1. The predicted molar refractivity (Wildman–Crippen MR) is 83.5 cm³/mol. The smallest absolute Gasteiger partial charge is 0.125 e. The largest absolute Gasteiger partial charge is 0.365 e. The molecule has 1 aliphatic rings. The highest BCUT2D eigenvalue weighted by atomic mass is 19.1. The molecule has 0 radical (unpaired) electrons. The van der Waals surface area contributed by atoms with Crippen molar-refractivity contribution >= 4 is 5.69 Å². The molecule has 2 rings (SSSR count). The van der Waals surface area contributed by atoms with Crippen molar-refractivity contribution in [1.29, 1.82) is 0 Å². The van der Waals surface area contributed by atoms with E-state index in [1.54, 1.807) is 12.1 Å². The first-order valence-electron chi connectivity index (χ1n) is 7.88. The van der Waals surface area contributed by atoms with Crippen molar-refractivity contribution in [1.82, 2.24) is 0 Å². The Balaban J connectivity index is 2.31. The van der Waals surface area contributed by atoms with Gasteiger partial charge in [-0.15, -0.1) is 0 Å². The highest BCUT2D eigenvalue weighted by molar-refractivity contribution is 5.49. The molecule has 1 saturated carbocycles. The van der Waals surface area contributed by atoms with Gasteiger partial charge in [0.25, 0.3) is 0 Å². The van der Waals surface area contributed by atoms with Crippen LogP contribution in [0.15, 0.2) is 24.3 Å². The summed E-state index contributed by atoms with van der Waals surface area (Å²) < 4.78 is 13.5. The number of nitrogens with two attached hydrogens (primary N) is 1. The molecule has 1 aromatic rings. The van der Waals surface area contributed by atoms with Gasteiger partial charge < -0.3 is 10.6 Å². The van der Waals surface area contributed by atoms with Crippen molar-refractivity contribution < 1.29 is 4.39 Å². The lowest BCUT2D eigenvalue weighted by molar-refractivity contribution is 0.213. The van der Waals surface area contributed by atoms with E-state index in [0.717, 1.165) is 31.0 Å². The third-order valence-electron chi connectivity index (χ3n) is 4.89. The number of likely N-dealkylation sites (N-methyl/N-ethyl adjacent to an activating group) is 1. The lowest BCUT2D eigenvalue weighted by Crippen LogP contribution is -2.56. The quantitative estimate of drug-likeness (QED) is 0.883. The van der Waals surface area contributed by atoms with Crippen LogP contribution in [-0.4, -0.2) is 18.6 Å². The summed E-state index contributed by atoms with van der Waals surface area (Å²) in [6, 6.07) is 6.93. The minimum atomic E-state index is -0.170. The summed E-state index contributed by atoms with van der Waals surface area (Å²) in [4.78, 5) is 2.33. The van der Waals surface area contributed by atoms with E-state index in [4.69, 9.17) is 5.73 Å². The predicted octanol–water partition coefficient (Wildman–Crippen LogP) is 3.95. The van der Waals surface area contributed by atoms with E-state index in [9.17, 15) is 4.39 Å². The van der Waals surface area contributed by atoms with Gasteiger partial charge in [0.05, 0.1) is 5.54 Å². The number of rotatable bonds is 5. The van der Waals surface area contributed by atoms with E-state index in [1.807, 2.05) is 6.07 Å². The van der Waals surface area contributed by atoms with Crippen LogP contribution in [-0.2, 0) is 0 Å². The zero-order valence-electron chi connectivity index (χ0n) is 12.7. The molecule has 0 saturated heterocycles. The Morgan fingerprint density at radius 1 is 1.40 bits per heavy atom. The SMILES string of the molecule is CCC1CCCC(CN)(N(CC)c2cccc(F)c2)C1. The highest BCUT2D eigenvalue weighted by Gasteiger charge is 2.39. The van der Waals surface area contributed by atoms with Crippen LogP contribution in [0.2, 0.25) is 0 Å². The molecule has 0 amide bonds. The summed E-state index contributed by atoms with van der Waals surface area (Å²) in [6.45, 7) is 5.92. The minimum absolute atomic E-state index is 0.00146. The van der Waals surface area contributed by atoms with E-state index >= 15 is 0 Å². The Morgan fingerprint density at radius 3 is 2.80 bits per heavy atom. The second kappa shape index (κ2) is 6.57. The molecule has 2 unspecified atom stereocenters. The topological polar surface area (TPSA) is 29.3 Å². The van der Waals surface area contributed by atoms with E-state index in [2.05, 4.69) is 18.7 Å². The van der Waals surface area contributed by atoms with Crippen LogP contribution < -0.4 is 10.6 Å². The normalized spacial score (nSPS) is 26.5. The molecule has 0 aromatic heterocycles. The fourth-order valence-electron chi connectivity index (χ4n) is 3.79. The first-order valence-corrected chi connectivity index (χ1v) is 7.88. The molecule has 1 aliphatic carbocycles. The molecule has 2 nitrogen and oxygen atoms in total. The van der Waals surface area contributed by atoms with Crippen LogP contribution in [0.3, 0.4) is 0 Å². The van der Waals surface area contributed by atoms with Crippen LogP contribution >= 0.6 is 0 Å². The van der Waals surface area contributed by atoms with E-state index in [0.29, 0.717) is 6.54 Å². The second-order valence-electron chi connectivity index (χ2n) is 6.02. The maximum atomic E-state index is 13.5. The molecule has 0 heterocycles. The van der Waals surface area contributed by atoms with Crippen molar-refractivity contribution in [3.05, 3.63) is 30.1 Å². The standard InChI is InChI=1S/C17H27FN2/c1-3-14-7-6-10-17(12-14,13-19)20(4-2)16-9-5-8-15(18)11-16/h5,8-9,11,14H,3-4,6-7,10,12-13,19H2,1-2H3. The van der Waals surface area contributed by atoms with Crippen LogP contribution in [0.1, 0.15) is 46.0 Å². The molecule has 112 valence electrons. The van der Waals surface area contributed by atoms with Gasteiger partial charge in [0.1, 0.15) is 5.82 Å². The number of anilines is 1. The summed E-state index contributed by atoms with van der Waals surface area (Å²) in [6.07, 6.45) is 5.98. The average Bonchev–Trinajstić information content (AvgIpc) is 2.48. The summed E-state index contributed by atoms with van der Waals surface area (Å²) in [5.74, 6) is 0.575. The van der Waals surface area contributed by atoms with Crippen molar-refractivity contribution in [3.8, 4) is 0 Å². The van der Waals surface area contributed by atoms with Gasteiger partial charge in [-0.25, -0.2) is 4.39 Å². The van der Waals surface area contributed by atoms with Crippen LogP contribution in [0, 0.1) is 11.7 Å². The molecule has 0 aliphatic heterocycles. The molecule has 2 atom stereocenters. The second-order valence-corrected chi connectivity index (χ2v) is 6.02. The van der Waals surface area contributed by atoms with Gasteiger partial charge in [0.15, 0.2) is 0 Å². The van der Waals surface area contributed by atoms with Crippen LogP contribution in [0.25, 0.3) is 0 Å². The first-order chi connectivity index (χ1) is 9.65. The van der Waals surface area contributed by atoms with E-state index in [-0.39, 0.29) is 11.4 Å². The van der Waals surface area contributed by atoms with Gasteiger partial charge in [-0.2, -0.15) is 0 Å². The Bertz CT molecular complexity index is 435. The van der Waals surface area contributed by atoms with Gasteiger partial charge >= 0.3 is 0 Å². The summed E-state index contributed by atoms with van der Waals surface area (Å²) in [5, 5.41) is 0. The molecule has 0 bridgehead atoms. The maximum absolute atomic E-state index is 13.5. The maximum Gasteiger partial charge on any atom is 0.125 e. The third kappa shape index (κ3) is 2.98. The molecule has 3 heteroatoms. The Kier molecular flexibility index (Phi) is 5.03. The fourth-order valence-corrected chi connectivity index (χ4v) is 3.79. The van der Waals surface area contributed by atoms with E-state index < -0.39 is 0 Å². The number of benzene rings is 1. The van der Waals surface area contributed by atoms with Crippen LogP contribution in [0.4, 0.5) is 10.1 Å². The van der Waals surface area contributed by atoms with Gasteiger partial charge in [-0.3, -0.25) is 0 Å². The summed E-state index contributed by atoms with van der Waals surface area (Å²) in [7, 11) is 0. The zero-order valence-corrected chi connectivity index (χ0v) is 12.7. The third-order valence-corrected chi connectivity index (χ3v) is 4.89. The number of halogens is 1. The van der Waals surface area contributed by atoms with Crippen molar-refractivity contribution in [3.63, 3.8) is 0 Å². The molecular weight excluding hydrogens is 251 g/mol. The summed E-state index contributed by atoms with van der Waals surface area (Å²) in [5.41, 5.74) is 7.14. The highest BCUT2D eigenvalue weighted by Crippen LogP contribution is 2.40.